The molecule has 21 heavy (non-hydrogen) atoms. The molecule has 0 atom stereocenters. The molecule has 0 unspecified atom stereocenters. The van der Waals surface area contributed by atoms with Crippen molar-refractivity contribution in [2.24, 2.45) is 5.73 Å². The smallest absolute Gasteiger partial charge is 0.214 e. The molecule has 6 heteroatoms. The van der Waals surface area contributed by atoms with Crippen LogP contribution in [0, 0.1) is 0 Å². The summed E-state index contributed by atoms with van der Waals surface area (Å²) in [4.78, 5) is 7.98. The molecule has 2 fully saturated rings. The van der Waals surface area contributed by atoms with Crippen LogP contribution in [0.1, 0.15) is 57.1 Å². The number of imidazole rings is 1. The van der Waals surface area contributed by atoms with E-state index in [4.69, 9.17) is 10.8 Å². The van der Waals surface area contributed by atoms with Gasteiger partial charge in [-0.25, -0.2) is 9.50 Å². The number of piperidine rings is 1. The summed E-state index contributed by atoms with van der Waals surface area (Å²) in [6, 6.07) is 0. The maximum absolute atomic E-state index is 6.22. The van der Waals surface area contributed by atoms with E-state index in [-0.39, 0.29) is 5.54 Å². The first kappa shape index (κ1) is 13.5. The minimum atomic E-state index is -0.0110. The SMILES string of the molecule is CC1(N)CCN(c2nn3c(C4CCCC4)cnc3s2)CC1. The van der Waals surface area contributed by atoms with Gasteiger partial charge in [-0.15, -0.1) is 5.10 Å². The van der Waals surface area contributed by atoms with Gasteiger partial charge in [-0.2, -0.15) is 0 Å². The molecule has 0 bridgehead atoms. The van der Waals surface area contributed by atoms with Crippen molar-refractivity contribution in [3.63, 3.8) is 0 Å². The Labute approximate surface area is 129 Å². The second-order valence-corrected chi connectivity index (χ2v) is 7.82. The first-order valence-electron chi connectivity index (χ1n) is 8.01. The van der Waals surface area contributed by atoms with Gasteiger partial charge in [0.05, 0.1) is 11.9 Å². The molecular formula is C15H23N5S. The van der Waals surface area contributed by atoms with Gasteiger partial charge in [-0.1, -0.05) is 24.2 Å². The second kappa shape index (κ2) is 4.95. The highest BCUT2D eigenvalue weighted by atomic mass is 32.1. The first-order chi connectivity index (χ1) is 10.1. The topological polar surface area (TPSA) is 59.5 Å². The van der Waals surface area contributed by atoms with Crippen molar-refractivity contribution >= 4 is 21.4 Å². The van der Waals surface area contributed by atoms with Gasteiger partial charge in [0, 0.05) is 24.5 Å². The van der Waals surface area contributed by atoms with E-state index in [1.54, 1.807) is 11.3 Å². The maximum atomic E-state index is 6.22. The summed E-state index contributed by atoms with van der Waals surface area (Å²) in [7, 11) is 0. The summed E-state index contributed by atoms with van der Waals surface area (Å²) in [5.41, 5.74) is 7.52. The van der Waals surface area contributed by atoms with Gasteiger partial charge in [-0.3, -0.25) is 0 Å². The van der Waals surface area contributed by atoms with E-state index >= 15 is 0 Å². The Kier molecular flexibility index (Phi) is 3.19. The van der Waals surface area contributed by atoms with Gasteiger partial charge >= 0.3 is 0 Å². The third kappa shape index (κ3) is 2.44. The van der Waals surface area contributed by atoms with Crippen LogP contribution in [0.15, 0.2) is 6.20 Å². The Balaban J connectivity index is 1.59. The zero-order chi connectivity index (χ0) is 14.4. The van der Waals surface area contributed by atoms with Gasteiger partial charge in [0.2, 0.25) is 10.1 Å². The molecule has 114 valence electrons. The highest BCUT2D eigenvalue weighted by molar-refractivity contribution is 7.20. The first-order valence-corrected chi connectivity index (χ1v) is 8.82. The number of fused-ring (bicyclic) bond motifs is 1. The lowest BCUT2D eigenvalue weighted by atomic mass is 9.91. The number of aromatic nitrogens is 3. The van der Waals surface area contributed by atoms with Crippen molar-refractivity contribution in [2.75, 3.05) is 18.0 Å². The number of nitrogens with two attached hydrogens (primary N) is 1. The molecule has 1 saturated heterocycles. The molecule has 3 heterocycles. The lowest BCUT2D eigenvalue weighted by molar-refractivity contribution is 0.363. The Bertz CT molecular complexity index is 628. The lowest BCUT2D eigenvalue weighted by Crippen LogP contribution is -2.48. The number of rotatable bonds is 2. The van der Waals surface area contributed by atoms with Gasteiger partial charge in [0.1, 0.15) is 0 Å². The fourth-order valence-electron chi connectivity index (χ4n) is 3.54. The monoisotopic (exact) mass is 305 g/mol. The molecule has 5 nitrogen and oxygen atoms in total. The van der Waals surface area contributed by atoms with Crippen molar-refractivity contribution in [2.45, 2.75) is 56.9 Å². The fraction of sp³-hybridized carbons (Fsp3) is 0.733. The average molecular weight is 305 g/mol. The minimum Gasteiger partial charge on any atom is -0.347 e. The number of hydrogen-bond acceptors (Lipinski definition) is 5. The van der Waals surface area contributed by atoms with Crippen molar-refractivity contribution in [1.29, 1.82) is 0 Å². The summed E-state index contributed by atoms with van der Waals surface area (Å²) < 4.78 is 2.09. The highest BCUT2D eigenvalue weighted by Crippen LogP contribution is 2.36. The molecule has 1 aliphatic carbocycles. The van der Waals surface area contributed by atoms with E-state index in [0.717, 1.165) is 36.0 Å². The van der Waals surface area contributed by atoms with E-state index in [1.165, 1.54) is 31.4 Å². The predicted octanol–water partition coefficient (Wildman–Crippen LogP) is 2.77. The molecule has 0 radical (unpaired) electrons. The van der Waals surface area contributed by atoms with Crippen LogP contribution in [0.2, 0.25) is 0 Å². The molecule has 0 spiro atoms. The van der Waals surface area contributed by atoms with E-state index < -0.39 is 0 Å². The lowest BCUT2D eigenvalue weighted by Gasteiger charge is -2.36. The van der Waals surface area contributed by atoms with E-state index in [0.29, 0.717) is 5.92 Å². The van der Waals surface area contributed by atoms with E-state index in [1.807, 2.05) is 6.20 Å². The largest absolute Gasteiger partial charge is 0.347 e. The molecule has 4 rings (SSSR count). The molecule has 2 aliphatic rings. The van der Waals surface area contributed by atoms with Crippen molar-refractivity contribution in [3.05, 3.63) is 11.9 Å². The quantitative estimate of drug-likeness (QED) is 0.927. The molecule has 2 aromatic rings. The standard InChI is InChI=1S/C15H23N5S/c1-15(16)6-8-19(9-7-15)14-18-20-12(10-17-13(20)21-14)11-4-2-3-5-11/h10-11H,2-9,16H2,1H3. The third-order valence-corrected chi connectivity index (χ3v) is 6.03. The fourth-order valence-corrected chi connectivity index (χ4v) is 4.47. The summed E-state index contributed by atoms with van der Waals surface area (Å²) >= 11 is 1.71. The minimum absolute atomic E-state index is 0.0110. The summed E-state index contributed by atoms with van der Waals surface area (Å²) in [6.45, 7) is 4.15. The number of hydrogen-bond donors (Lipinski definition) is 1. The molecular weight excluding hydrogens is 282 g/mol. The third-order valence-electron chi connectivity index (χ3n) is 5.05. The van der Waals surface area contributed by atoms with Crippen LogP contribution >= 0.6 is 11.3 Å². The maximum Gasteiger partial charge on any atom is 0.214 e. The van der Waals surface area contributed by atoms with Crippen LogP contribution in [-0.4, -0.2) is 33.2 Å². The Morgan fingerprint density at radius 3 is 2.71 bits per heavy atom. The van der Waals surface area contributed by atoms with E-state index in [9.17, 15) is 0 Å². The number of anilines is 1. The van der Waals surface area contributed by atoms with E-state index in [2.05, 4.69) is 21.3 Å². The molecule has 2 N–H and O–H groups in total. The normalized spacial score (nSPS) is 23.2. The molecule has 0 amide bonds. The van der Waals surface area contributed by atoms with Gasteiger partial charge in [0.15, 0.2) is 0 Å². The molecule has 1 saturated carbocycles. The van der Waals surface area contributed by atoms with Crippen molar-refractivity contribution < 1.29 is 0 Å². The van der Waals surface area contributed by atoms with Gasteiger partial charge in [-0.05, 0) is 32.6 Å². The van der Waals surface area contributed by atoms with Crippen LogP contribution in [0.4, 0.5) is 5.13 Å². The van der Waals surface area contributed by atoms with Crippen molar-refractivity contribution in [1.82, 2.24) is 14.6 Å². The zero-order valence-corrected chi connectivity index (χ0v) is 13.4. The molecule has 0 aromatic carbocycles. The predicted molar refractivity (Wildman–Crippen MR) is 86.1 cm³/mol. The average Bonchev–Trinajstić information content (AvgIpc) is 3.13. The van der Waals surface area contributed by atoms with Crippen LogP contribution < -0.4 is 10.6 Å². The Morgan fingerprint density at radius 2 is 2.00 bits per heavy atom. The summed E-state index contributed by atoms with van der Waals surface area (Å²) in [5.74, 6) is 0.656. The molecule has 1 aliphatic heterocycles. The van der Waals surface area contributed by atoms with Crippen LogP contribution in [0.25, 0.3) is 4.96 Å². The Hall–Kier alpha value is -1.14. The highest BCUT2D eigenvalue weighted by Gasteiger charge is 2.28. The summed E-state index contributed by atoms with van der Waals surface area (Å²) in [5, 5.41) is 5.95. The number of nitrogens with zero attached hydrogens (tertiary/aromatic N) is 4. The van der Waals surface area contributed by atoms with Crippen LogP contribution in [-0.2, 0) is 0 Å². The van der Waals surface area contributed by atoms with Gasteiger partial charge < -0.3 is 10.6 Å². The molecule has 2 aromatic heterocycles. The van der Waals surface area contributed by atoms with Crippen molar-refractivity contribution in [3.8, 4) is 0 Å². The Morgan fingerprint density at radius 1 is 1.29 bits per heavy atom. The van der Waals surface area contributed by atoms with Gasteiger partial charge in [0.25, 0.3) is 0 Å². The summed E-state index contributed by atoms with van der Waals surface area (Å²) in [6.07, 6.45) is 9.36. The second-order valence-electron chi connectivity index (χ2n) is 6.88. The van der Waals surface area contributed by atoms with Crippen LogP contribution in [0.3, 0.4) is 0 Å². The van der Waals surface area contributed by atoms with Crippen LogP contribution in [0.5, 0.6) is 0 Å². The zero-order valence-electron chi connectivity index (χ0n) is 12.6.